The molecular formula is C68H77ClN10O9S. The molecule has 4 aliphatic heterocycles. The molecule has 1 atom stereocenters. The number of fused-ring (bicyclic) bond motifs is 2. The number of pyridine rings is 1. The monoisotopic (exact) mass is 1240 g/mol. The molecule has 6 heterocycles. The van der Waals surface area contributed by atoms with Crippen LogP contribution in [0.4, 0.5) is 17.1 Å². The van der Waals surface area contributed by atoms with E-state index in [-0.39, 0.29) is 46.6 Å². The van der Waals surface area contributed by atoms with E-state index >= 15 is 0 Å². The number of nitro benzene ring substituents is 1. The highest BCUT2D eigenvalue weighted by Gasteiger charge is 2.40. The van der Waals surface area contributed by atoms with Crippen molar-refractivity contribution in [1.29, 1.82) is 0 Å². The minimum absolute atomic E-state index is 0.0461. The van der Waals surface area contributed by atoms with Crippen molar-refractivity contribution in [2.75, 3.05) is 69.1 Å². The third-order valence-corrected chi connectivity index (χ3v) is 19.7. The average Bonchev–Trinajstić information content (AvgIpc) is 2.08. The van der Waals surface area contributed by atoms with Crippen LogP contribution in [0.3, 0.4) is 0 Å². The summed E-state index contributed by atoms with van der Waals surface area (Å²) in [6.45, 7) is 12.2. The number of nitrogens with one attached hydrogen (secondary N) is 4. The zero-order valence-electron chi connectivity index (χ0n) is 50.6. The van der Waals surface area contributed by atoms with Crippen molar-refractivity contribution in [2.24, 2.45) is 11.3 Å². The first-order valence-corrected chi connectivity index (χ1v) is 33.1. The van der Waals surface area contributed by atoms with E-state index in [1.165, 1.54) is 35.0 Å². The Bertz CT molecular complexity index is 3860. The Kier molecular flexibility index (Phi) is 19.5. The van der Waals surface area contributed by atoms with Gasteiger partial charge in [0, 0.05) is 98.6 Å². The normalized spacial score (nSPS) is 18.4. The molecule has 2 aromatic heterocycles. The first-order valence-electron chi connectivity index (χ1n) is 31.2. The van der Waals surface area contributed by atoms with Gasteiger partial charge < -0.3 is 29.7 Å². The largest absolute Gasteiger partial charge is 0.455 e. The standard InChI is InChI=1S/C68H77ClN10O9S/c1-68(2)29-25-50(57(41-68)47-15-17-52(69)18-16-47)44-76-34-36-77(37-35-76)53-19-21-56(61(39-53)88-54-38-49-26-30-70-64(49)72-43-54)65(81)74-89(86,87)55-20-22-58(60(40-55)79(84)85)71-42-46-27-32-75(33-28-46)31-10-8-6-4-3-5-7-9-12-48-13-11-14-51-45-78(67(83)63(48)51)59-23-24-62(80)73-66(59)82/h11,13-22,26,30,38-40,43,46,59,71H,3-8,10,23-25,27-29,31-37,41-42,44-45H2,1-2H3,(H,70,72)(H,74,81)(H,73,80,82). The molecular weight excluding hydrogens is 1170 g/mol. The molecule has 89 heavy (non-hydrogen) atoms. The van der Waals surface area contributed by atoms with Crippen LogP contribution in [0, 0.1) is 33.3 Å². The Balaban J connectivity index is 0.636. The first kappa shape index (κ1) is 62.5. The number of nitrogens with zero attached hydrogens (tertiary/aromatic N) is 6. The van der Waals surface area contributed by atoms with Gasteiger partial charge in [-0.25, -0.2) is 18.1 Å². The van der Waals surface area contributed by atoms with Gasteiger partial charge in [0.15, 0.2) is 0 Å². The van der Waals surface area contributed by atoms with Crippen LogP contribution in [-0.2, 0) is 26.2 Å². The van der Waals surface area contributed by atoms with Gasteiger partial charge in [0.25, 0.3) is 27.5 Å². The first-order chi connectivity index (χ1) is 42.9. The summed E-state index contributed by atoms with van der Waals surface area (Å²) in [5.41, 5.74) is 7.57. The number of hydrogen-bond acceptors (Lipinski definition) is 14. The summed E-state index contributed by atoms with van der Waals surface area (Å²) in [4.78, 5) is 79.4. The zero-order valence-corrected chi connectivity index (χ0v) is 52.2. The van der Waals surface area contributed by atoms with Crippen molar-refractivity contribution in [3.63, 3.8) is 0 Å². The minimum Gasteiger partial charge on any atom is -0.455 e. The molecule has 1 unspecified atom stereocenters. The van der Waals surface area contributed by atoms with Gasteiger partial charge in [-0.1, -0.05) is 92.8 Å². The summed E-state index contributed by atoms with van der Waals surface area (Å²) in [5.74, 6) is 5.29. The van der Waals surface area contributed by atoms with E-state index < -0.39 is 43.4 Å². The number of rotatable bonds is 22. The summed E-state index contributed by atoms with van der Waals surface area (Å²) in [6.07, 6.45) is 16.1. The number of sulfonamides is 1. The Morgan fingerprint density at radius 1 is 0.876 bits per heavy atom. The molecule has 4 N–H and O–H groups in total. The van der Waals surface area contributed by atoms with Crippen molar-refractivity contribution in [3.8, 4) is 23.3 Å². The molecule has 11 rings (SSSR count). The average molecular weight is 1250 g/mol. The van der Waals surface area contributed by atoms with E-state index in [0.29, 0.717) is 55.1 Å². The number of allylic oxidation sites excluding steroid dienone is 1. The summed E-state index contributed by atoms with van der Waals surface area (Å²) < 4.78 is 36.5. The molecule has 3 saturated heterocycles. The van der Waals surface area contributed by atoms with E-state index in [1.807, 2.05) is 36.4 Å². The molecule has 0 saturated carbocycles. The number of H-pyrrole nitrogens is 1. The van der Waals surface area contributed by atoms with E-state index in [4.69, 9.17) is 16.3 Å². The van der Waals surface area contributed by atoms with E-state index in [2.05, 4.69) is 77.8 Å². The minimum atomic E-state index is -4.61. The van der Waals surface area contributed by atoms with Crippen molar-refractivity contribution in [2.45, 2.75) is 121 Å². The van der Waals surface area contributed by atoms with Crippen molar-refractivity contribution in [1.82, 2.24) is 34.7 Å². The number of anilines is 2. The molecule has 4 aromatic carbocycles. The maximum Gasteiger partial charge on any atom is 0.293 e. The summed E-state index contributed by atoms with van der Waals surface area (Å²) >= 11 is 6.28. The summed E-state index contributed by atoms with van der Waals surface area (Å²) in [7, 11) is -4.61. The zero-order chi connectivity index (χ0) is 62.2. The number of hydrogen-bond donors (Lipinski definition) is 4. The number of aromatic nitrogens is 2. The van der Waals surface area contributed by atoms with E-state index in [9.17, 15) is 37.7 Å². The SMILES string of the molecule is CC1(C)CCC(CN2CCN(c3ccc(C(=O)NS(=O)(=O)c4ccc(NCC5CCN(CCCCCCCCC#Cc6cccc7c6C(=O)N(C6CCC(=O)NC6=O)C7)CC5)c([N+](=O)[O-])c4)c(Oc4cnc5[nH]ccc5c4)c3)CC2)=C(c2ccc(Cl)cc2)C1. The quantitative estimate of drug-likeness (QED) is 0.0163. The number of ether oxygens (including phenoxy) is 1. The third kappa shape index (κ3) is 15.3. The van der Waals surface area contributed by atoms with Crippen LogP contribution in [-0.4, -0.2) is 127 Å². The van der Waals surface area contributed by atoms with Crippen molar-refractivity contribution >= 4 is 78.9 Å². The summed E-state index contributed by atoms with van der Waals surface area (Å²) in [6, 6.07) is 25.5. The van der Waals surface area contributed by atoms with Gasteiger partial charge in [0.2, 0.25) is 11.8 Å². The lowest BCUT2D eigenvalue weighted by Crippen LogP contribution is -2.52. The van der Waals surface area contributed by atoms with Gasteiger partial charge in [0.1, 0.15) is 28.9 Å². The predicted molar refractivity (Wildman–Crippen MR) is 344 cm³/mol. The van der Waals surface area contributed by atoms with Gasteiger partial charge in [-0.3, -0.25) is 39.5 Å². The molecule has 3 fully saturated rings. The molecule has 4 amide bonds. The smallest absolute Gasteiger partial charge is 0.293 e. The maximum absolute atomic E-state index is 14.2. The highest BCUT2D eigenvalue weighted by Crippen LogP contribution is 2.44. The lowest BCUT2D eigenvalue weighted by atomic mass is 9.72. The van der Waals surface area contributed by atoms with Gasteiger partial charge in [0.05, 0.1) is 27.1 Å². The highest BCUT2D eigenvalue weighted by molar-refractivity contribution is 7.90. The molecule has 21 heteroatoms. The Hall–Kier alpha value is -8.09. The number of nitro groups is 1. The predicted octanol–water partition coefficient (Wildman–Crippen LogP) is 11.5. The lowest BCUT2D eigenvalue weighted by molar-refractivity contribution is -0.384. The van der Waals surface area contributed by atoms with E-state index in [1.54, 1.807) is 35.4 Å². The second-order valence-electron chi connectivity index (χ2n) is 25.0. The fourth-order valence-electron chi connectivity index (χ4n) is 13.0. The molecule has 0 spiro atoms. The highest BCUT2D eigenvalue weighted by atomic mass is 35.5. The number of amides is 4. The fourth-order valence-corrected chi connectivity index (χ4v) is 14.1. The van der Waals surface area contributed by atoms with Gasteiger partial charge in [-0.2, -0.15) is 0 Å². The molecule has 0 radical (unpaired) electrons. The molecule has 466 valence electrons. The number of imide groups is 1. The number of carbonyl (C=O) groups excluding carboxylic acids is 4. The number of piperazine rings is 1. The van der Waals surface area contributed by atoms with Crippen LogP contribution in [0.5, 0.6) is 11.5 Å². The Labute approximate surface area is 525 Å². The van der Waals surface area contributed by atoms with Crippen LogP contribution in [0.1, 0.15) is 141 Å². The molecule has 1 aliphatic carbocycles. The van der Waals surface area contributed by atoms with Crippen LogP contribution in [0.25, 0.3) is 16.6 Å². The van der Waals surface area contributed by atoms with Crippen LogP contribution < -0.4 is 25.0 Å². The molecule has 5 aliphatic rings. The molecule has 19 nitrogen and oxygen atoms in total. The van der Waals surface area contributed by atoms with Crippen LogP contribution in [0.2, 0.25) is 5.02 Å². The number of halogens is 1. The third-order valence-electron chi connectivity index (χ3n) is 18.1. The second kappa shape index (κ2) is 27.7. The number of benzene rings is 4. The molecule has 6 aromatic rings. The Morgan fingerprint density at radius 2 is 1.65 bits per heavy atom. The number of piperidine rings is 2. The number of likely N-dealkylation sites (tertiary alicyclic amines) is 1. The van der Waals surface area contributed by atoms with Crippen LogP contribution >= 0.6 is 11.6 Å². The van der Waals surface area contributed by atoms with Gasteiger partial charge in [-0.15, -0.1) is 0 Å². The lowest BCUT2D eigenvalue weighted by Gasteiger charge is -2.39. The van der Waals surface area contributed by atoms with Crippen molar-refractivity contribution < 1.29 is 37.3 Å². The van der Waals surface area contributed by atoms with Gasteiger partial charge >= 0.3 is 0 Å². The van der Waals surface area contributed by atoms with Crippen LogP contribution in [0.15, 0.2) is 114 Å². The molecule has 0 bridgehead atoms. The second-order valence-corrected chi connectivity index (χ2v) is 27.1. The fraction of sp³-hybridized carbons (Fsp3) is 0.426. The number of aromatic amines is 1. The summed E-state index contributed by atoms with van der Waals surface area (Å²) in [5, 5.41) is 19.6. The number of unbranched alkanes of at least 4 members (excludes halogenated alkanes) is 6. The van der Waals surface area contributed by atoms with Gasteiger partial charge in [-0.05, 0) is 154 Å². The Morgan fingerprint density at radius 3 is 2.43 bits per heavy atom. The number of carbonyl (C=O) groups is 4. The maximum atomic E-state index is 14.2. The van der Waals surface area contributed by atoms with E-state index in [0.717, 1.165) is 144 Å². The topological polar surface area (TPSA) is 233 Å². The van der Waals surface area contributed by atoms with Crippen molar-refractivity contribution in [3.05, 3.63) is 152 Å².